The van der Waals surface area contributed by atoms with E-state index in [4.69, 9.17) is 11.5 Å². The standard InChI is InChI=1S/C12H11FN2O3/c1-2-7-15(8-11(16)17)12(18)14-10-5-3-9(13)4-6-10/h1,3-6H,7-8H2,(H,14,18)(H,16,17). The lowest BCUT2D eigenvalue weighted by Gasteiger charge is -2.18. The number of carbonyl (C=O) groups is 2. The van der Waals surface area contributed by atoms with Crippen molar-refractivity contribution >= 4 is 17.7 Å². The number of urea groups is 1. The lowest BCUT2D eigenvalue weighted by atomic mass is 10.3. The normalized spacial score (nSPS) is 9.33. The second-order valence-corrected chi connectivity index (χ2v) is 3.39. The van der Waals surface area contributed by atoms with Crippen LogP contribution in [0.15, 0.2) is 24.3 Å². The Hall–Kier alpha value is -2.55. The van der Waals surface area contributed by atoms with Crippen LogP contribution in [0.1, 0.15) is 0 Å². The number of anilines is 1. The molecule has 2 amide bonds. The minimum Gasteiger partial charge on any atom is -0.480 e. The molecule has 0 bridgehead atoms. The van der Waals surface area contributed by atoms with Crippen LogP contribution in [-0.2, 0) is 4.79 Å². The van der Waals surface area contributed by atoms with Crippen molar-refractivity contribution in [3.05, 3.63) is 30.1 Å². The molecule has 6 heteroatoms. The minimum atomic E-state index is -1.17. The van der Waals surface area contributed by atoms with Crippen LogP contribution < -0.4 is 5.32 Å². The summed E-state index contributed by atoms with van der Waals surface area (Å²) in [5, 5.41) is 11.0. The third kappa shape index (κ3) is 4.14. The molecule has 0 saturated heterocycles. The van der Waals surface area contributed by atoms with Crippen molar-refractivity contribution in [3.63, 3.8) is 0 Å². The molecule has 1 aromatic carbocycles. The highest BCUT2D eigenvalue weighted by Gasteiger charge is 2.15. The summed E-state index contributed by atoms with van der Waals surface area (Å²) < 4.78 is 12.6. The number of carboxylic acid groups (broad SMARTS) is 1. The summed E-state index contributed by atoms with van der Waals surface area (Å²) in [7, 11) is 0. The van der Waals surface area contributed by atoms with Gasteiger partial charge in [-0.2, -0.15) is 0 Å². The van der Waals surface area contributed by atoms with Crippen LogP contribution in [0.3, 0.4) is 0 Å². The van der Waals surface area contributed by atoms with Gasteiger partial charge in [0.05, 0.1) is 6.54 Å². The number of terminal acetylenes is 1. The maximum atomic E-state index is 12.6. The number of carbonyl (C=O) groups excluding carboxylic acids is 1. The molecule has 0 aromatic heterocycles. The van der Waals surface area contributed by atoms with Gasteiger partial charge in [-0.25, -0.2) is 9.18 Å². The third-order valence-corrected chi connectivity index (χ3v) is 1.99. The second-order valence-electron chi connectivity index (χ2n) is 3.39. The number of nitrogens with zero attached hydrogens (tertiary/aromatic N) is 1. The number of nitrogens with one attached hydrogen (secondary N) is 1. The van der Waals surface area contributed by atoms with Gasteiger partial charge in [-0.3, -0.25) is 4.79 Å². The Morgan fingerprint density at radius 1 is 1.39 bits per heavy atom. The fourth-order valence-corrected chi connectivity index (χ4v) is 1.21. The molecule has 18 heavy (non-hydrogen) atoms. The Morgan fingerprint density at radius 2 is 2.00 bits per heavy atom. The molecule has 0 heterocycles. The molecule has 0 radical (unpaired) electrons. The van der Waals surface area contributed by atoms with E-state index in [1.54, 1.807) is 0 Å². The molecule has 0 aliphatic carbocycles. The van der Waals surface area contributed by atoms with Gasteiger partial charge in [0, 0.05) is 5.69 Å². The average molecular weight is 250 g/mol. The molecule has 0 fully saturated rings. The van der Waals surface area contributed by atoms with E-state index in [0.717, 1.165) is 4.90 Å². The number of hydrogen-bond donors (Lipinski definition) is 2. The first-order valence-electron chi connectivity index (χ1n) is 4.99. The molecule has 0 atom stereocenters. The van der Waals surface area contributed by atoms with E-state index in [9.17, 15) is 14.0 Å². The molecular weight excluding hydrogens is 239 g/mol. The zero-order valence-electron chi connectivity index (χ0n) is 9.39. The number of halogens is 1. The fourth-order valence-electron chi connectivity index (χ4n) is 1.21. The van der Waals surface area contributed by atoms with Gasteiger partial charge in [0.15, 0.2) is 0 Å². The number of amides is 2. The predicted molar refractivity (Wildman–Crippen MR) is 63.5 cm³/mol. The van der Waals surface area contributed by atoms with Crippen molar-refractivity contribution in [2.45, 2.75) is 0 Å². The molecule has 0 aliphatic rings. The highest BCUT2D eigenvalue weighted by atomic mass is 19.1. The monoisotopic (exact) mass is 250 g/mol. The number of rotatable bonds is 4. The van der Waals surface area contributed by atoms with Crippen molar-refractivity contribution in [2.24, 2.45) is 0 Å². The number of benzene rings is 1. The van der Waals surface area contributed by atoms with Gasteiger partial charge in [0.2, 0.25) is 0 Å². The van der Waals surface area contributed by atoms with Crippen LogP contribution in [0.4, 0.5) is 14.9 Å². The summed E-state index contributed by atoms with van der Waals surface area (Å²) in [6.45, 7) is -0.628. The van der Waals surface area contributed by atoms with Crippen LogP contribution in [0.2, 0.25) is 0 Å². The smallest absolute Gasteiger partial charge is 0.323 e. The first kappa shape index (κ1) is 13.5. The third-order valence-electron chi connectivity index (χ3n) is 1.99. The van der Waals surface area contributed by atoms with Gasteiger partial charge in [-0.05, 0) is 24.3 Å². The van der Waals surface area contributed by atoms with Gasteiger partial charge in [-0.1, -0.05) is 5.92 Å². The van der Waals surface area contributed by atoms with Gasteiger partial charge in [-0.15, -0.1) is 6.42 Å². The van der Waals surface area contributed by atoms with Crippen molar-refractivity contribution in [3.8, 4) is 12.3 Å². The molecule has 0 saturated carbocycles. The lowest BCUT2D eigenvalue weighted by molar-refractivity contribution is -0.137. The summed E-state index contributed by atoms with van der Waals surface area (Å²) in [6, 6.07) is 4.43. The largest absolute Gasteiger partial charge is 0.480 e. The van der Waals surface area contributed by atoms with E-state index in [1.807, 2.05) is 0 Å². The van der Waals surface area contributed by atoms with Crippen LogP contribution in [0, 0.1) is 18.2 Å². The molecule has 1 rings (SSSR count). The summed E-state index contributed by atoms with van der Waals surface area (Å²) >= 11 is 0. The van der Waals surface area contributed by atoms with Crippen LogP contribution >= 0.6 is 0 Å². The molecule has 5 nitrogen and oxygen atoms in total. The van der Waals surface area contributed by atoms with Crippen molar-refractivity contribution in [1.29, 1.82) is 0 Å². The summed E-state index contributed by atoms with van der Waals surface area (Å²) in [6.07, 6.45) is 5.04. The molecule has 94 valence electrons. The highest BCUT2D eigenvalue weighted by Crippen LogP contribution is 2.09. The zero-order valence-corrected chi connectivity index (χ0v) is 9.39. The Morgan fingerprint density at radius 3 is 2.50 bits per heavy atom. The number of aliphatic carboxylic acids is 1. The van der Waals surface area contributed by atoms with Gasteiger partial charge >= 0.3 is 12.0 Å². The number of carboxylic acids is 1. The molecular formula is C12H11FN2O3. The van der Waals surface area contributed by atoms with E-state index >= 15 is 0 Å². The van der Waals surface area contributed by atoms with Crippen molar-refractivity contribution in [2.75, 3.05) is 18.4 Å². The topological polar surface area (TPSA) is 69.6 Å². The predicted octanol–water partition coefficient (Wildman–Crippen LogP) is 1.38. The maximum Gasteiger partial charge on any atom is 0.323 e. The summed E-state index contributed by atoms with van der Waals surface area (Å²) in [5.41, 5.74) is 0.355. The van der Waals surface area contributed by atoms with Crippen molar-refractivity contribution in [1.82, 2.24) is 4.90 Å². The molecule has 0 aliphatic heterocycles. The number of hydrogen-bond acceptors (Lipinski definition) is 2. The molecule has 2 N–H and O–H groups in total. The van der Waals surface area contributed by atoms with E-state index in [-0.39, 0.29) is 6.54 Å². The Balaban J connectivity index is 2.69. The maximum absolute atomic E-state index is 12.6. The Kier molecular flexibility index (Phi) is 4.69. The van der Waals surface area contributed by atoms with Gasteiger partial charge in [0.25, 0.3) is 0 Å². The fraction of sp³-hybridized carbons (Fsp3) is 0.167. The zero-order chi connectivity index (χ0) is 13.5. The summed E-state index contributed by atoms with van der Waals surface area (Å²) in [4.78, 5) is 23.2. The van der Waals surface area contributed by atoms with Crippen LogP contribution in [0.25, 0.3) is 0 Å². The van der Waals surface area contributed by atoms with Crippen LogP contribution in [-0.4, -0.2) is 35.1 Å². The highest BCUT2D eigenvalue weighted by molar-refractivity contribution is 5.91. The Bertz CT molecular complexity index is 479. The molecule has 0 unspecified atom stereocenters. The quantitative estimate of drug-likeness (QED) is 0.793. The van der Waals surface area contributed by atoms with E-state index in [1.165, 1.54) is 24.3 Å². The minimum absolute atomic E-state index is 0.126. The average Bonchev–Trinajstić information content (AvgIpc) is 2.31. The van der Waals surface area contributed by atoms with Gasteiger partial charge in [0.1, 0.15) is 12.4 Å². The second kappa shape index (κ2) is 6.25. The first-order valence-corrected chi connectivity index (χ1v) is 4.99. The van der Waals surface area contributed by atoms with E-state index in [0.29, 0.717) is 5.69 Å². The molecule has 0 spiro atoms. The van der Waals surface area contributed by atoms with Crippen molar-refractivity contribution < 1.29 is 19.1 Å². The van der Waals surface area contributed by atoms with E-state index < -0.39 is 24.4 Å². The SMILES string of the molecule is C#CCN(CC(=O)O)C(=O)Nc1ccc(F)cc1. The summed E-state index contributed by atoms with van der Waals surface area (Å²) in [5.74, 6) is 0.592. The lowest BCUT2D eigenvalue weighted by Crippen LogP contribution is -2.39. The van der Waals surface area contributed by atoms with Crippen LogP contribution in [0.5, 0.6) is 0 Å². The van der Waals surface area contributed by atoms with E-state index in [2.05, 4.69) is 11.2 Å². The van der Waals surface area contributed by atoms with Gasteiger partial charge < -0.3 is 15.3 Å². The molecule has 1 aromatic rings. The Labute approximate surface area is 103 Å². The first-order chi connectivity index (χ1) is 8.52.